The Balaban J connectivity index is 0.000000207. The molecular weight excluding hydrogens is 1240 g/mol. The monoisotopic (exact) mass is 1310 g/mol. The van der Waals surface area contributed by atoms with Crippen LogP contribution in [-0.2, 0) is 65.8 Å². The number of rotatable bonds is 4. The van der Waals surface area contributed by atoms with Gasteiger partial charge in [-0.25, -0.2) is 59.7 Å². The molecular formula is C63H76F4N8O12V2-2. The molecule has 6 fully saturated rings. The summed E-state index contributed by atoms with van der Waals surface area (Å²) >= 11 is 0. The molecule has 0 spiro atoms. The quantitative estimate of drug-likeness (QED) is 0.143. The van der Waals surface area contributed by atoms with Crippen molar-refractivity contribution in [3.63, 3.8) is 0 Å². The van der Waals surface area contributed by atoms with Gasteiger partial charge in [0.1, 0.15) is 58.9 Å². The predicted octanol–water partition coefficient (Wildman–Crippen LogP) is 9.19. The van der Waals surface area contributed by atoms with E-state index in [0.717, 1.165) is 0 Å². The van der Waals surface area contributed by atoms with Gasteiger partial charge in [-0.1, -0.05) is 80.3 Å². The summed E-state index contributed by atoms with van der Waals surface area (Å²) in [4.78, 5) is 99.4. The number of alkyl halides is 4. The van der Waals surface area contributed by atoms with E-state index >= 15 is 17.6 Å². The zero-order valence-electron chi connectivity index (χ0n) is 51.7. The second-order valence-corrected chi connectivity index (χ2v) is 27.5. The largest absolute Gasteiger partial charge is 0.540 e. The molecule has 4 aliphatic carbocycles. The summed E-state index contributed by atoms with van der Waals surface area (Å²) in [6.45, 7) is 16.1. The van der Waals surface area contributed by atoms with Crippen molar-refractivity contribution in [1.29, 1.82) is 0 Å². The van der Waals surface area contributed by atoms with Crippen LogP contribution >= 0.6 is 0 Å². The minimum Gasteiger partial charge on any atom is -0.540 e. The van der Waals surface area contributed by atoms with Crippen LogP contribution in [0.15, 0.2) is 36.4 Å². The van der Waals surface area contributed by atoms with Crippen molar-refractivity contribution >= 4 is 58.6 Å². The number of carbonyl (C=O) groups excluding carboxylic acids is 6. The number of nitrogens with one attached hydrogen (secondary N) is 2. The fourth-order valence-electron chi connectivity index (χ4n) is 13.5. The minimum absolute atomic E-state index is 0. The molecule has 8 aliphatic rings. The van der Waals surface area contributed by atoms with Crippen LogP contribution in [0.5, 0.6) is 23.3 Å². The molecule has 4 aliphatic heterocycles. The number of carbonyl (C=O) groups is 4. The van der Waals surface area contributed by atoms with Crippen LogP contribution in [0.1, 0.15) is 137 Å². The maximum absolute atomic E-state index is 15.4. The van der Waals surface area contributed by atoms with E-state index in [0.29, 0.717) is 72.1 Å². The SMILES string of the molecule is COc1ccc2nc3c(nc2c1)O[C@H]1CN(C(=O)[C@H](C(C)(C)C)NC(=O)O[C@@H]2C[C@H]2CCCC2C3C2(F)F)[C@H]([C-]=O)[C@@H]1C.COc1ccc2nc3c(nc2c1)O[C@H]1CN(C(=O)[C@H](C(C)(C)C)NC(=O)O[C@]2(C)C[C@H]2CCCC2C3C2(F)F)[C@H]([C-]=O)[C@@H]1C.[V].[V]. The van der Waals surface area contributed by atoms with E-state index in [2.05, 4.69) is 30.6 Å². The first kappa shape index (κ1) is 67.4. The molecule has 4 amide bonds. The number of halogens is 4. The summed E-state index contributed by atoms with van der Waals surface area (Å²) in [7, 11) is 3.03. The fraction of sp³-hybridized carbons (Fsp3) is 0.651. The Morgan fingerprint density at radius 3 is 1.47 bits per heavy atom. The average molecular weight is 1320 g/mol. The Morgan fingerprint density at radius 2 is 1.04 bits per heavy atom. The first-order valence-corrected chi connectivity index (χ1v) is 30.1. The number of ether oxygens (including phenoxy) is 6. The molecule has 2 saturated heterocycles. The number of fused-ring (bicyclic) bond motifs is 14. The molecule has 20 nitrogen and oxygen atoms in total. The Bertz CT molecular complexity index is 3390. The van der Waals surface area contributed by atoms with Gasteiger partial charge < -0.3 is 58.4 Å². The van der Waals surface area contributed by atoms with Gasteiger partial charge in [-0.05, 0) is 98.3 Å². The number of methoxy groups -OCH3 is 2. The van der Waals surface area contributed by atoms with Crippen LogP contribution in [-0.4, -0.2) is 154 Å². The van der Waals surface area contributed by atoms with Gasteiger partial charge in [0.15, 0.2) is 0 Å². The van der Waals surface area contributed by atoms with E-state index < -0.39 is 124 Å². The average Bonchev–Trinajstić information content (AvgIpc) is 1.57. The number of nitrogens with zero attached hydrogens (tertiary/aromatic N) is 6. The summed E-state index contributed by atoms with van der Waals surface area (Å²) in [5.74, 6) is -11.2. The molecule has 4 aromatic rings. The van der Waals surface area contributed by atoms with Gasteiger partial charge in [0.25, 0.3) is 11.8 Å². The number of aromatic nitrogens is 4. The third-order valence-electron chi connectivity index (χ3n) is 19.4. The van der Waals surface area contributed by atoms with Crippen molar-refractivity contribution in [2.45, 2.75) is 185 Å². The van der Waals surface area contributed by atoms with Gasteiger partial charge >= 0.3 is 12.2 Å². The Kier molecular flexibility index (Phi) is 18.9. The van der Waals surface area contributed by atoms with E-state index in [1.807, 2.05) is 61.0 Å². The maximum Gasteiger partial charge on any atom is 0.408 e. The van der Waals surface area contributed by atoms with Crippen LogP contribution < -0.4 is 29.6 Å². The van der Waals surface area contributed by atoms with Crippen LogP contribution in [0.4, 0.5) is 27.2 Å². The summed E-state index contributed by atoms with van der Waals surface area (Å²) < 4.78 is 96.2. The maximum atomic E-state index is 15.4. The van der Waals surface area contributed by atoms with Crippen molar-refractivity contribution in [2.75, 3.05) is 27.3 Å². The van der Waals surface area contributed by atoms with E-state index in [1.54, 1.807) is 50.2 Å². The predicted molar refractivity (Wildman–Crippen MR) is 306 cm³/mol. The summed E-state index contributed by atoms with van der Waals surface area (Å²) in [5.41, 5.74) is -0.334. The van der Waals surface area contributed by atoms with Crippen molar-refractivity contribution in [1.82, 2.24) is 40.4 Å². The van der Waals surface area contributed by atoms with Crippen molar-refractivity contribution in [2.24, 2.45) is 46.3 Å². The molecule has 12 rings (SSSR count). The standard InChI is InChI=1S/C32H39F2N4O6.C31H37F2N4O6.2V/c1-16-22(15-39)38-14-23(16)43-27-25(35-20-11-10-18(42-6)12-21(20)36-27)24-19(32(24,33)34)9-7-8-17-13-31(17,5)44-29(41)37-26(28(38)40)30(2,3)4;1-15-21(14-38)37-13-23(15)42-27-25(34-19-10-9-17(41-5)12-20(19)35-27)24-18(31(24,32)33)8-6-7-16-11-22(16)43-29(40)36-26(28(37)39)30(2,3)4;;/h10-12,16-17,19,22-24,26H,7-9,13-14H2,1-6H3,(H,37,41);9-10,12,15-16,18,21-24,26H,6-8,11,13H2,1-5H3,(H,36,40);;/q2*-1;;/t16-,17+,19?,22+,23-,24?,26+,31+;15-,16+,18?,21+,22+,23-,24?,26+;;/m00../s1. The van der Waals surface area contributed by atoms with Crippen LogP contribution in [0.2, 0.25) is 0 Å². The number of benzene rings is 2. The van der Waals surface area contributed by atoms with Gasteiger partial charge in [-0.3, -0.25) is 9.59 Å². The summed E-state index contributed by atoms with van der Waals surface area (Å²) in [5, 5.41) is 5.48. The van der Waals surface area contributed by atoms with Gasteiger partial charge in [-0.2, -0.15) is 0 Å². The first-order valence-electron chi connectivity index (χ1n) is 30.1. The van der Waals surface area contributed by atoms with Gasteiger partial charge in [0.2, 0.25) is 23.6 Å². The summed E-state index contributed by atoms with van der Waals surface area (Å²) in [6, 6.07) is 6.07. The number of amides is 4. The molecule has 4 bridgehead atoms. The molecule has 4 unspecified atom stereocenters. The molecule has 2 radical (unpaired) electrons. The van der Waals surface area contributed by atoms with E-state index in [9.17, 15) is 28.8 Å². The first-order chi connectivity index (χ1) is 41.0. The fourth-order valence-corrected chi connectivity index (χ4v) is 13.5. The van der Waals surface area contributed by atoms with Crippen molar-refractivity contribution < 1.29 is 112 Å². The molecule has 480 valence electrons. The van der Waals surface area contributed by atoms with Crippen LogP contribution in [0.25, 0.3) is 22.1 Å². The third kappa shape index (κ3) is 13.1. The van der Waals surface area contributed by atoms with Crippen LogP contribution in [0.3, 0.4) is 0 Å². The van der Waals surface area contributed by atoms with Gasteiger partial charge in [-0.15, -0.1) is 0 Å². The van der Waals surface area contributed by atoms with Gasteiger partial charge in [0.05, 0.1) is 61.2 Å². The molecule has 2 aromatic carbocycles. The molecule has 16 atom stereocenters. The molecule has 2 N–H and O–H groups in total. The van der Waals surface area contributed by atoms with Crippen LogP contribution in [0, 0.1) is 46.3 Å². The summed E-state index contributed by atoms with van der Waals surface area (Å²) in [6.07, 6.45) is 4.80. The van der Waals surface area contributed by atoms with E-state index in [-0.39, 0.29) is 104 Å². The van der Waals surface area contributed by atoms with Crippen molar-refractivity contribution in [3.05, 3.63) is 47.8 Å². The normalized spacial score (nSPS) is 33.7. The second-order valence-electron chi connectivity index (χ2n) is 27.5. The number of alkyl carbamates (subject to hydrolysis) is 2. The molecule has 6 heterocycles. The molecule has 4 saturated carbocycles. The Labute approximate surface area is 538 Å². The number of hydrogen-bond donors (Lipinski definition) is 2. The molecule has 26 heteroatoms. The zero-order valence-corrected chi connectivity index (χ0v) is 54.5. The second kappa shape index (κ2) is 24.9. The van der Waals surface area contributed by atoms with Gasteiger partial charge in [0, 0.05) is 67.0 Å². The molecule has 89 heavy (non-hydrogen) atoms. The smallest absolute Gasteiger partial charge is 0.408 e. The topological polar surface area (TPSA) is 240 Å². The minimum atomic E-state index is -3.00. The molecule has 2 aromatic heterocycles. The van der Waals surface area contributed by atoms with E-state index in [4.69, 9.17) is 28.4 Å². The van der Waals surface area contributed by atoms with Crippen molar-refractivity contribution in [3.8, 4) is 23.3 Å². The third-order valence-corrected chi connectivity index (χ3v) is 19.4. The number of hydrogen-bond acceptors (Lipinski definition) is 16. The Hall–Kier alpha value is -5.97. The Morgan fingerprint density at radius 1 is 0.607 bits per heavy atom. The van der Waals surface area contributed by atoms with E-state index in [1.165, 1.54) is 24.0 Å². The zero-order chi connectivity index (χ0) is 62.6.